The summed E-state index contributed by atoms with van der Waals surface area (Å²) in [7, 11) is 1.27. The maximum atomic E-state index is 11.2. The summed E-state index contributed by atoms with van der Waals surface area (Å²) in [5.74, 6) is -0.556. The molecule has 0 amide bonds. The molecular formula is C8H13NO3. The molecule has 0 fully saturated rings. The number of hydrogen-bond donors (Lipinski definition) is 2. The van der Waals surface area contributed by atoms with Crippen molar-refractivity contribution in [2.45, 2.75) is 24.5 Å². The topological polar surface area (TPSA) is 72.5 Å². The number of esters is 1. The van der Waals surface area contributed by atoms with E-state index in [1.165, 1.54) is 13.2 Å². The van der Waals surface area contributed by atoms with Crippen LogP contribution in [0.4, 0.5) is 0 Å². The van der Waals surface area contributed by atoms with Crippen LogP contribution in [0.1, 0.15) is 12.8 Å². The van der Waals surface area contributed by atoms with Gasteiger partial charge >= 0.3 is 5.97 Å². The molecule has 68 valence electrons. The van der Waals surface area contributed by atoms with Crippen molar-refractivity contribution in [3.05, 3.63) is 12.2 Å². The zero-order valence-electron chi connectivity index (χ0n) is 6.99. The van der Waals surface area contributed by atoms with E-state index >= 15 is 0 Å². The molecule has 0 heterocycles. The average molecular weight is 171 g/mol. The van der Waals surface area contributed by atoms with E-state index in [9.17, 15) is 9.90 Å². The van der Waals surface area contributed by atoms with Gasteiger partial charge < -0.3 is 15.6 Å². The minimum atomic E-state index is -1.25. The van der Waals surface area contributed by atoms with Crippen LogP contribution in [0.3, 0.4) is 0 Å². The summed E-state index contributed by atoms with van der Waals surface area (Å²) in [4.78, 5) is 11.2. The van der Waals surface area contributed by atoms with E-state index in [0.29, 0.717) is 12.8 Å². The number of allylic oxidation sites excluding steroid dienone is 1. The second-order valence-electron chi connectivity index (χ2n) is 2.94. The fourth-order valence-corrected chi connectivity index (χ4v) is 1.28. The highest BCUT2D eigenvalue weighted by Crippen LogP contribution is 2.22. The minimum Gasteiger partial charge on any atom is -0.468 e. The highest BCUT2D eigenvalue weighted by molar-refractivity contribution is 5.82. The monoisotopic (exact) mass is 171 g/mol. The Kier molecular flexibility index (Phi) is 2.49. The van der Waals surface area contributed by atoms with E-state index in [4.69, 9.17) is 5.73 Å². The minimum absolute atomic E-state index is 0.428. The summed E-state index contributed by atoms with van der Waals surface area (Å²) in [6.45, 7) is 0. The van der Waals surface area contributed by atoms with Crippen molar-refractivity contribution < 1.29 is 14.6 Å². The molecule has 1 rings (SSSR count). The van der Waals surface area contributed by atoms with Gasteiger partial charge in [0.2, 0.25) is 0 Å². The van der Waals surface area contributed by atoms with E-state index in [-0.39, 0.29) is 0 Å². The molecule has 1 aliphatic rings. The molecule has 3 N–H and O–H groups in total. The van der Waals surface area contributed by atoms with Crippen molar-refractivity contribution in [1.82, 2.24) is 0 Å². The molecular weight excluding hydrogens is 158 g/mol. The fraction of sp³-hybridized carbons (Fsp3) is 0.625. The Balaban J connectivity index is 2.82. The van der Waals surface area contributed by atoms with Gasteiger partial charge in [-0.25, -0.2) is 4.79 Å². The summed E-state index contributed by atoms with van der Waals surface area (Å²) >= 11 is 0. The van der Waals surface area contributed by atoms with Gasteiger partial charge in [0.1, 0.15) is 11.6 Å². The first-order chi connectivity index (χ1) is 5.61. The summed E-state index contributed by atoms with van der Waals surface area (Å²) < 4.78 is 4.51. The van der Waals surface area contributed by atoms with Crippen LogP contribution in [0.25, 0.3) is 0 Å². The van der Waals surface area contributed by atoms with Crippen LogP contribution in [0.5, 0.6) is 0 Å². The van der Waals surface area contributed by atoms with E-state index < -0.39 is 17.6 Å². The summed E-state index contributed by atoms with van der Waals surface area (Å²) in [5.41, 5.74) is 4.43. The smallest absolute Gasteiger partial charge is 0.328 e. The Morgan fingerprint density at radius 1 is 1.83 bits per heavy atom. The lowest BCUT2D eigenvalue weighted by atomic mass is 9.84. The lowest BCUT2D eigenvalue weighted by Gasteiger charge is -2.31. The van der Waals surface area contributed by atoms with Gasteiger partial charge in [-0.3, -0.25) is 0 Å². The van der Waals surface area contributed by atoms with E-state index in [1.54, 1.807) is 6.08 Å². The summed E-state index contributed by atoms with van der Waals surface area (Å²) in [6, 6.07) is 0. The SMILES string of the molecule is COC(=O)C1(N)CCC=CC1O. The molecule has 2 atom stereocenters. The first-order valence-corrected chi connectivity index (χ1v) is 3.83. The molecule has 0 radical (unpaired) electrons. The van der Waals surface area contributed by atoms with Crippen molar-refractivity contribution in [1.29, 1.82) is 0 Å². The molecule has 0 aromatic heterocycles. The largest absolute Gasteiger partial charge is 0.468 e. The number of aliphatic hydroxyl groups is 1. The number of rotatable bonds is 1. The first kappa shape index (κ1) is 9.22. The first-order valence-electron chi connectivity index (χ1n) is 3.83. The molecule has 2 unspecified atom stereocenters. The Bertz CT molecular complexity index is 214. The number of methoxy groups -OCH3 is 1. The maximum absolute atomic E-state index is 11.2. The van der Waals surface area contributed by atoms with Gasteiger partial charge in [-0.05, 0) is 12.8 Å². The van der Waals surface area contributed by atoms with Crippen LogP contribution < -0.4 is 5.73 Å². The Morgan fingerprint density at radius 2 is 2.50 bits per heavy atom. The van der Waals surface area contributed by atoms with Gasteiger partial charge in [0.25, 0.3) is 0 Å². The number of ether oxygens (including phenoxy) is 1. The van der Waals surface area contributed by atoms with Crippen LogP contribution in [-0.4, -0.2) is 29.8 Å². The molecule has 0 saturated carbocycles. The zero-order chi connectivity index (χ0) is 9.19. The summed E-state index contributed by atoms with van der Waals surface area (Å²) in [5, 5.41) is 9.42. The molecule has 4 heteroatoms. The van der Waals surface area contributed by atoms with Crippen LogP contribution in [0.15, 0.2) is 12.2 Å². The van der Waals surface area contributed by atoms with Gasteiger partial charge in [0.05, 0.1) is 7.11 Å². The fourth-order valence-electron chi connectivity index (χ4n) is 1.28. The number of carbonyl (C=O) groups is 1. The van der Waals surface area contributed by atoms with Crippen molar-refractivity contribution >= 4 is 5.97 Å². The van der Waals surface area contributed by atoms with Gasteiger partial charge in [-0.1, -0.05) is 12.2 Å². The lowest BCUT2D eigenvalue weighted by molar-refractivity contribution is -0.151. The number of aliphatic hydroxyl groups excluding tert-OH is 1. The Labute approximate surface area is 71.0 Å². The van der Waals surface area contributed by atoms with Gasteiger partial charge in [0.15, 0.2) is 0 Å². The predicted octanol–water partition coefficient (Wildman–Crippen LogP) is -0.432. The van der Waals surface area contributed by atoms with Crippen molar-refractivity contribution in [2.75, 3.05) is 7.11 Å². The third-order valence-corrected chi connectivity index (χ3v) is 2.14. The van der Waals surface area contributed by atoms with E-state index in [2.05, 4.69) is 4.74 Å². The number of carbonyl (C=O) groups excluding carboxylic acids is 1. The van der Waals surface area contributed by atoms with Crippen molar-refractivity contribution in [2.24, 2.45) is 5.73 Å². The van der Waals surface area contributed by atoms with Gasteiger partial charge in [-0.2, -0.15) is 0 Å². The second-order valence-corrected chi connectivity index (χ2v) is 2.94. The molecule has 0 saturated heterocycles. The quantitative estimate of drug-likeness (QED) is 0.414. The molecule has 0 aromatic rings. The normalized spacial score (nSPS) is 34.8. The average Bonchev–Trinajstić information content (AvgIpc) is 2.09. The molecule has 0 spiro atoms. The third kappa shape index (κ3) is 1.35. The highest BCUT2D eigenvalue weighted by Gasteiger charge is 2.42. The molecule has 0 aromatic carbocycles. The van der Waals surface area contributed by atoms with Crippen LogP contribution in [0.2, 0.25) is 0 Å². The Morgan fingerprint density at radius 3 is 3.00 bits per heavy atom. The second kappa shape index (κ2) is 3.25. The standard InChI is InChI=1S/C8H13NO3/c1-12-7(11)8(9)5-3-2-4-6(8)10/h2,4,6,10H,3,5,9H2,1H3. The van der Waals surface area contributed by atoms with Gasteiger partial charge in [-0.15, -0.1) is 0 Å². The van der Waals surface area contributed by atoms with E-state index in [1.807, 2.05) is 0 Å². The predicted molar refractivity (Wildman–Crippen MR) is 43.3 cm³/mol. The lowest BCUT2D eigenvalue weighted by Crippen LogP contribution is -2.58. The number of nitrogens with two attached hydrogens (primary N) is 1. The summed E-state index contributed by atoms with van der Waals surface area (Å²) in [6.07, 6.45) is 3.53. The van der Waals surface area contributed by atoms with E-state index in [0.717, 1.165) is 0 Å². The van der Waals surface area contributed by atoms with Gasteiger partial charge in [0, 0.05) is 0 Å². The van der Waals surface area contributed by atoms with Crippen LogP contribution in [-0.2, 0) is 9.53 Å². The van der Waals surface area contributed by atoms with Crippen molar-refractivity contribution in [3.63, 3.8) is 0 Å². The van der Waals surface area contributed by atoms with Crippen molar-refractivity contribution in [3.8, 4) is 0 Å². The zero-order valence-corrected chi connectivity index (χ0v) is 6.99. The molecule has 0 bridgehead atoms. The molecule has 4 nitrogen and oxygen atoms in total. The molecule has 12 heavy (non-hydrogen) atoms. The highest BCUT2D eigenvalue weighted by atomic mass is 16.5. The number of hydrogen-bond acceptors (Lipinski definition) is 4. The molecule has 1 aliphatic carbocycles. The molecule has 0 aliphatic heterocycles. The van der Waals surface area contributed by atoms with Crippen LogP contribution in [0, 0.1) is 0 Å². The Hall–Kier alpha value is -0.870. The maximum Gasteiger partial charge on any atom is 0.328 e. The van der Waals surface area contributed by atoms with Crippen LogP contribution >= 0.6 is 0 Å². The third-order valence-electron chi connectivity index (χ3n) is 2.14.